The van der Waals surface area contributed by atoms with Crippen molar-refractivity contribution in [3.63, 3.8) is 0 Å². The molecule has 0 fully saturated rings. The van der Waals surface area contributed by atoms with Crippen LogP contribution in [0.3, 0.4) is 0 Å². The molecule has 0 unspecified atom stereocenters. The lowest BCUT2D eigenvalue weighted by Gasteiger charge is -2.06. The molecule has 0 atom stereocenters. The van der Waals surface area contributed by atoms with E-state index in [-0.39, 0.29) is 51.2 Å². The fourth-order valence-electron chi connectivity index (χ4n) is 16.6. The van der Waals surface area contributed by atoms with Crippen molar-refractivity contribution in [1.29, 1.82) is 0 Å². The third-order valence-corrected chi connectivity index (χ3v) is 23.8. The first-order chi connectivity index (χ1) is 68.8. The maximum Gasteiger partial charge on any atom is 0.336 e. The highest BCUT2D eigenvalue weighted by Crippen LogP contribution is 2.32. The Bertz CT molecular complexity index is 8120. The largest absolute Gasteiger partial charge is 0.478 e. The summed E-state index contributed by atoms with van der Waals surface area (Å²) in [6, 6.07) is 56.0. The van der Waals surface area contributed by atoms with Crippen LogP contribution in [0.2, 0.25) is 5.02 Å². The summed E-state index contributed by atoms with van der Waals surface area (Å²) in [6.07, 6.45) is 24.3. The van der Waals surface area contributed by atoms with Crippen LogP contribution >= 0.6 is 11.6 Å². The highest BCUT2D eigenvalue weighted by Gasteiger charge is 2.24. The number of nitrogens with zero attached hydrogens (tertiary/aromatic N) is 20. The smallest absolute Gasteiger partial charge is 0.336 e. The molecule has 14 heterocycles. The number of rotatable bonds is 21. The van der Waals surface area contributed by atoms with Gasteiger partial charge in [0, 0.05) is 217 Å². The van der Waals surface area contributed by atoms with Gasteiger partial charge < -0.3 is 40.3 Å². The van der Waals surface area contributed by atoms with Gasteiger partial charge in [-0.25, -0.2) is 38.0 Å². The van der Waals surface area contributed by atoms with E-state index in [9.17, 15) is 68.6 Å². The third-order valence-electron chi connectivity index (χ3n) is 23.5. The van der Waals surface area contributed by atoms with Crippen LogP contribution in [0.5, 0.6) is 0 Å². The van der Waals surface area contributed by atoms with E-state index in [1.165, 1.54) is 115 Å². The van der Waals surface area contributed by atoms with Crippen LogP contribution in [0, 0.1) is 19.7 Å². The van der Waals surface area contributed by atoms with Gasteiger partial charge in [-0.2, -0.15) is 30.6 Å². The number of fused-ring (bicyclic) bond motifs is 7. The molecule has 7 aromatic carbocycles. The van der Waals surface area contributed by atoms with E-state index in [4.69, 9.17) is 21.2 Å². The van der Waals surface area contributed by atoms with E-state index in [1.807, 2.05) is 178 Å². The summed E-state index contributed by atoms with van der Waals surface area (Å²) in [5.74, 6) is -7.06. The van der Waals surface area contributed by atoms with E-state index in [1.54, 1.807) is 64.3 Å². The minimum absolute atomic E-state index is 0.181. The fraction of sp³-hybridized carbons (Fsp3) is 0.142. The average Bonchev–Trinajstić information content (AvgIpc) is 1.66. The standard InChI is InChI=1S/2C16H15N3O2.C15H12ClN3O2.C15H12FN3O2.2C15H13N3O2.C14H10N2O3/c2*1-10-3-4-13-14(18-19(2)15(13)7-10)8-11-9-17-6-5-12(11)16(20)21;2*1-19-14-3-2-10(16)7-12(14)13(18-19)6-9-8-17-5-4-11(9)15(20)21;1-18-14-5-3-2-4-12(14)13(17-18)8-10-9-16-7-6-11(10)15(19)20;1-18-14(12-4-2-3-5-13(12)17-18)8-10-9-16-7-6-11(10)15(19)20;17-14(18)10-5-6-15-8-9(10)7-12-11-3-1-2-4-13(11)19-16-12/h2*3-7,9H,8H2,1-2H3,(H,20,21);2*2-5,7-8H,6H2,1H3,(H,20,21);2*2-7,9H,8H2,1H3,(H,19,20);1-6,8H,7H2,(H,17,18). The van der Waals surface area contributed by atoms with Crippen LogP contribution < -0.4 is 0 Å². The first-order valence-electron chi connectivity index (χ1n) is 44.2. The molecule has 21 aromatic rings. The molecule has 7 N–H and O–H groups in total. The van der Waals surface area contributed by atoms with Crippen LogP contribution in [-0.2, 0) is 87.2 Å². The van der Waals surface area contributed by atoms with Gasteiger partial charge in [-0.1, -0.05) is 89.6 Å². The zero-order valence-corrected chi connectivity index (χ0v) is 78.8. The molecule has 35 nitrogen and oxygen atoms in total. The number of carbonyl (C=O) groups is 7. The first-order valence-corrected chi connectivity index (χ1v) is 44.6. The van der Waals surface area contributed by atoms with Crippen molar-refractivity contribution in [3.8, 4) is 0 Å². The fourth-order valence-corrected chi connectivity index (χ4v) is 16.8. The number of aryl methyl sites for hydroxylation is 8. The summed E-state index contributed by atoms with van der Waals surface area (Å²) in [5.41, 5.74) is 20.8. The lowest BCUT2D eigenvalue weighted by molar-refractivity contribution is 0.0684. The van der Waals surface area contributed by atoms with E-state index >= 15 is 0 Å². The maximum atomic E-state index is 13.4. The molecule has 0 saturated heterocycles. The van der Waals surface area contributed by atoms with Crippen molar-refractivity contribution in [2.24, 2.45) is 42.3 Å². The zero-order valence-electron chi connectivity index (χ0n) is 78.0. The van der Waals surface area contributed by atoms with Gasteiger partial charge in [0.25, 0.3) is 0 Å². The Morgan fingerprint density at radius 2 is 0.580 bits per heavy atom. The van der Waals surface area contributed by atoms with Crippen LogP contribution in [-0.4, -0.2) is 176 Å². The Morgan fingerprint density at radius 3 is 0.958 bits per heavy atom. The molecule has 718 valence electrons. The predicted molar refractivity (Wildman–Crippen MR) is 531 cm³/mol. The zero-order chi connectivity index (χ0) is 101. The number of para-hydroxylation sites is 2. The molecular weight excluding hydrogens is 1850 g/mol. The Hall–Kier alpha value is -18.6. The summed E-state index contributed by atoms with van der Waals surface area (Å²) in [4.78, 5) is 107. The second-order valence-corrected chi connectivity index (χ2v) is 33.5. The number of aromatic carboxylic acids is 7. The molecule has 143 heavy (non-hydrogen) atoms. The van der Waals surface area contributed by atoms with Crippen molar-refractivity contribution in [1.82, 2.24) is 98.7 Å². The van der Waals surface area contributed by atoms with Gasteiger partial charge in [-0.15, -0.1) is 0 Å². The van der Waals surface area contributed by atoms with Crippen LogP contribution in [0.1, 0.15) is 162 Å². The molecular formula is C106H90ClFN20O15. The van der Waals surface area contributed by atoms with E-state index in [0.717, 1.165) is 93.9 Å². The molecule has 0 amide bonds. The van der Waals surface area contributed by atoms with Gasteiger partial charge in [0.15, 0.2) is 5.58 Å². The Balaban J connectivity index is 0.000000126. The maximum absolute atomic E-state index is 13.4. The highest BCUT2D eigenvalue weighted by molar-refractivity contribution is 6.31. The molecule has 37 heteroatoms. The van der Waals surface area contributed by atoms with Crippen molar-refractivity contribution >= 4 is 130 Å². The summed E-state index contributed by atoms with van der Waals surface area (Å²) in [7, 11) is 11.2. The van der Waals surface area contributed by atoms with Crippen molar-refractivity contribution in [2.45, 2.75) is 58.8 Å². The summed E-state index contributed by atoms with van der Waals surface area (Å²) < 4.78 is 29.3. The topological polar surface area (TPSA) is 484 Å². The first kappa shape index (κ1) is 98.9. The number of halogens is 2. The lowest BCUT2D eigenvalue weighted by Crippen LogP contribution is -2.06. The second kappa shape index (κ2) is 44.2. The van der Waals surface area contributed by atoms with Gasteiger partial charge in [-0.3, -0.25) is 63.0 Å². The Labute approximate surface area is 817 Å². The summed E-state index contributed by atoms with van der Waals surface area (Å²) >= 11 is 6.04. The molecule has 0 radical (unpaired) electrons. The minimum Gasteiger partial charge on any atom is -0.478 e. The Morgan fingerprint density at radius 1 is 0.287 bits per heavy atom. The van der Waals surface area contributed by atoms with Crippen molar-refractivity contribution in [2.75, 3.05) is 0 Å². The SMILES string of the molecule is Cc1ccc2c(Cc3cnccc3C(=O)O)nn(C)c2c1.Cc1ccc2c(Cc3cnccc3C(=O)O)nn(C)c2c1.Cn1nc(Cc2cnccc2C(=O)O)c2cc(Cl)ccc21.Cn1nc(Cc2cnccc2C(=O)O)c2cc(F)ccc21.Cn1nc(Cc2cnccc2C(=O)O)c2ccccc21.Cn1nc2ccccc2c1Cc1cnccc1C(=O)O.O=C(O)c1ccncc1Cc1noc2ccccc12. The molecule has 0 aliphatic rings. The molecule has 0 aliphatic carbocycles. The summed E-state index contributed by atoms with van der Waals surface area (Å²) in [6.45, 7) is 4.07. The lowest BCUT2D eigenvalue weighted by atomic mass is 10.0. The van der Waals surface area contributed by atoms with Gasteiger partial charge in [-0.05, 0) is 179 Å². The second-order valence-electron chi connectivity index (χ2n) is 33.0. The number of carboxylic acid groups (broad SMARTS) is 7. The predicted octanol–water partition coefficient (Wildman–Crippen LogP) is 17.5. The normalized spacial score (nSPS) is 10.9. The Kier molecular flexibility index (Phi) is 30.6. The molecule has 14 aromatic heterocycles. The van der Waals surface area contributed by atoms with Gasteiger partial charge in [0.1, 0.15) is 5.82 Å². The number of hydrogen-bond acceptors (Lipinski definition) is 22. The van der Waals surface area contributed by atoms with Crippen molar-refractivity contribution in [3.05, 3.63) is 415 Å². The molecule has 0 spiro atoms. The number of benzene rings is 7. The number of carboxylic acids is 7. The number of aromatic nitrogens is 20. The monoisotopic (exact) mass is 1940 g/mol. The average molecular weight is 1940 g/mol. The van der Waals surface area contributed by atoms with E-state index in [2.05, 4.69) is 82.8 Å². The molecule has 21 rings (SSSR count). The van der Waals surface area contributed by atoms with Crippen molar-refractivity contribution < 1.29 is 78.2 Å². The van der Waals surface area contributed by atoms with Gasteiger partial charge in [0.05, 0.1) is 112 Å². The third kappa shape index (κ3) is 23.1. The summed E-state index contributed by atoms with van der Waals surface area (Å²) in [5, 5.41) is 103. The van der Waals surface area contributed by atoms with Gasteiger partial charge >= 0.3 is 41.8 Å². The number of hydrogen-bond donors (Lipinski definition) is 7. The quantitative estimate of drug-likeness (QED) is 0.0351. The van der Waals surface area contributed by atoms with Gasteiger partial charge in [0.2, 0.25) is 0 Å². The highest BCUT2D eigenvalue weighted by atomic mass is 35.5. The minimum atomic E-state index is -1.01. The van der Waals surface area contributed by atoms with Crippen LogP contribution in [0.4, 0.5) is 4.39 Å². The molecule has 0 saturated carbocycles. The molecule has 0 aliphatic heterocycles. The molecule has 0 bridgehead atoms. The van der Waals surface area contributed by atoms with E-state index in [0.29, 0.717) is 105 Å². The number of pyridine rings is 7. The van der Waals surface area contributed by atoms with E-state index < -0.39 is 41.8 Å². The van der Waals surface area contributed by atoms with Crippen LogP contribution in [0.25, 0.3) is 76.4 Å². The van der Waals surface area contributed by atoms with Crippen LogP contribution in [0.15, 0.2) is 279 Å².